The summed E-state index contributed by atoms with van der Waals surface area (Å²) in [5, 5.41) is 12.9. The van der Waals surface area contributed by atoms with Crippen molar-refractivity contribution in [1.29, 1.82) is 0 Å². The fourth-order valence-electron chi connectivity index (χ4n) is 2.27. The van der Waals surface area contributed by atoms with Crippen molar-refractivity contribution < 1.29 is 5.11 Å². The molecule has 0 amide bonds. The third-order valence-corrected chi connectivity index (χ3v) is 3.30. The predicted octanol–water partition coefficient (Wildman–Crippen LogP) is 2.72. The Hall–Kier alpha value is -1.58. The Morgan fingerprint density at radius 2 is 1.95 bits per heavy atom. The first-order valence-electron chi connectivity index (χ1n) is 6.88. The molecule has 3 heteroatoms. The summed E-state index contributed by atoms with van der Waals surface area (Å²) >= 11 is 0. The third-order valence-electron chi connectivity index (χ3n) is 3.30. The van der Waals surface area contributed by atoms with E-state index < -0.39 is 0 Å². The molecule has 2 aromatic rings. The van der Waals surface area contributed by atoms with Crippen molar-refractivity contribution in [3.63, 3.8) is 0 Å². The second-order valence-corrected chi connectivity index (χ2v) is 4.72. The maximum Gasteiger partial charge on any atom is 0.0626 e. The topological polar surface area (TPSA) is 37.2 Å². The molecule has 0 aliphatic heterocycles. The van der Waals surface area contributed by atoms with E-state index in [1.54, 1.807) is 0 Å². The van der Waals surface area contributed by atoms with E-state index in [1.807, 2.05) is 30.3 Å². The molecule has 0 fully saturated rings. The second-order valence-electron chi connectivity index (χ2n) is 4.72. The van der Waals surface area contributed by atoms with Crippen molar-refractivity contribution >= 4 is 0 Å². The van der Waals surface area contributed by atoms with E-state index in [9.17, 15) is 5.11 Å². The molecule has 1 aromatic heterocycles. The van der Waals surface area contributed by atoms with Crippen LogP contribution in [-0.4, -0.2) is 16.3 Å². The summed E-state index contributed by atoms with van der Waals surface area (Å²) < 4.78 is 2.26. The number of benzene rings is 1. The van der Waals surface area contributed by atoms with Gasteiger partial charge in [-0.25, -0.2) is 0 Å². The van der Waals surface area contributed by atoms with E-state index in [-0.39, 0.29) is 12.6 Å². The van der Waals surface area contributed by atoms with E-state index in [0.29, 0.717) is 0 Å². The van der Waals surface area contributed by atoms with Crippen molar-refractivity contribution in [2.24, 2.45) is 0 Å². The van der Waals surface area contributed by atoms with Gasteiger partial charge in [0.05, 0.1) is 12.6 Å². The highest BCUT2D eigenvalue weighted by Crippen LogP contribution is 2.13. The Balaban J connectivity index is 1.98. The maximum atomic E-state index is 9.51. The van der Waals surface area contributed by atoms with Crippen molar-refractivity contribution in [1.82, 2.24) is 9.88 Å². The summed E-state index contributed by atoms with van der Waals surface area (Å²) in [7, 11) is 0. The van der Waals surface area contributed by atoms with Crippen LogP contribution in [0.25, 0.3) is 0 Å². The number of hydrogen-bond acceptors (Lipinski definition) is 2. The molecule has 0 saturated heterocycles. The number of aromatic nitrogens is 1. The zero-order chi connectivity index (χ0) is 13.5. The highest BCUT2D eigenvalue weighted by Gasteiger charge is 2.10. The van der Waals surface area contributed by atoms with Crippen LogP contribution in [0, 0.1) is 0 Å². The Morgan fingerprint density at radius 1 is 1.16 bits per heavy atom. The minimum Gasteiger partial charge on any atom is -0.394 e. The second kappa shape index (κ2) is 7.12. The smallest absolute Gasteiger partial charge is 0.0626 e. The summed E-state index contributed by atoms with van der Waals surface area (Å²) in [6, 6.07) is 14.3. The summed E-state index contributed by atoms with van der Waals surface area (Å²) in [5.41, 5.74) is 2.38. The standard InChI is InChI=1S/C16H22N2O/c1-2-10-18-11-6-9-15(18)12-17-16(13-19)14-7-4-3-5-8-14/h3-9,11,16-17,19H,2,10,12-13H2,1H3/t16-/m1/s1. The number of nitrogens with zero attached hydrogens (tertiary/aromatic N) is 1. The Morgan fingerprint density at radius 3 is 2.63 bits per heavy atom. The third kappa shape index (κ3) is 3.69. The van der Waals surface area contributed by atoms with Gasteiger partial charge in [0.1, 0.15) is 0 Å². The van der Waals surface area contributed by atoms with Crippen LogP contribution >= 0.6 is 0 Å². The van der Waals surface area contributed by atoms with E-state index in [4.69, 9.17) is 0 Å². The number of aliphatic hydroxyl groups excluding tert-OH is 1. The highest BCUT2D eigenvalue weighted by atomic mass is 16.3. The molecule has 0 spiro atoms. The highest BCUT2D eigenvalue weighted by molar-refractivity contribution is 5.19. The van der Waals surface area contributed by atoms with Crippen LogP contribution in [0.2, 0.25) is 0 Å². The van der Waals surface area contributed by atoms with E-state index in [2.05, 4.69) is 35.1 Å². The largest absolute Gasteiger partial charge is 0.394 e. The average Bonchev–Trinajstić information content (AvgIpc) is 2.89. The number of rotatable bonds is 7. The molecule has 2 N–H and O–H groups in total. The fraction of sp³-hybridized carbons (Fsp3) is 0.375. The molecule has 1 heterocycles. The van der Waals surface area contributed by atoms with Crippen LogP contribution in [0.15, 0.2) is 48.7 Å². The van der Waals surface area contributed by atoms with Gasteiger partial charge in [-0.05, 0) is 24.1 Å². The molecule has 0 bridgehead atoms. The predicted molar refractivity (Wildman–Crippen MR) is 77.8 cm³/mol. The molecule has 0 aliphatic carbocycles. The zero-order valence-electron chi connectivity index (χ0n) is 11.4. The van der Waals surface area contributed by atoms with Crippen LogP contribution in [0.4, 0.5) is 0 Å². The number of nitrogens with one attached hydrogen (secondary N) is 1. The van der Waals surface area contributed by atoms with Gasteiger partial charge in [-0.3, -0.25) is 0 Å². The molecule has 2 rings (SSSR count). The van der Waals surface area contributed by atoms with Crippen LogP contribution < -0.4 is 5.32 Å². The summed E-state index contributed by atoms with van der Waals surface area (Å²) in [6.07, 6.45) is 3.24. The Bertz CT molecular complexity index is 479. The van der Waals surface area contributed by atoms with Crippen LogP contribution in [-0.2, 0) is 13.1 Å². The summed E-state index contributed by atoms with van der Waals surface area (Å²) in [4.78, 5) is 0. The number of hydrogen-bond donors (Lipinski definition) is 2. The van der Waals surface area contributed by atoms with Gasteiger partial charge in [0.2, 0.25) is 0 Å². The van der Waals surface area contributed by atoms with Gasteiger partial charge in [-0.2, -0.15) is 0 Å². The minimum atomic E-state index is -0.00817. The lowest BCUT2D eigenvalue weighted by Gasteiger charge is -2.17. The fourth-order valence-corrected chi connectivity index (χ4v) is 2.27. The molecule has 0 aliphatic rings. The van der Waals surface area contributed by atoms with Crippen LogP contribution in [0.3, 0.4) is 0 Å². The first-order chi connectivity index (χ1) is 9.35. The SMILES string of the molecule is CCCn1cccc1CN[C@H](CO)c1ccccc1. The molecule has 3 nitrogen and oxygen atoms in total. The van der Waals surface area contributed by atoms with Crippen molar-refractivity contribution in [3.05, 3.63) is 59.9 Å². The lowest BCUT2D eigenvalue weighted by molar-refractivity contribution is 0.243. The number of aliphatic hydroxyl groups is 1. The van der Waals surface area contributed by atoms with Crippen molar-refractivity contribution in [3.8, 4) is 0 Å². The van der Waals surface area contributed by atoms with Gasteiger partial charge >= 0.3 is 0 Å². The Kier molecular flexibility index (Phi) is 5.19. The molecule has 1 atom stereocenters. The first kappa shape index (κ1) is 13.8. The van der Waals surface area contributed by atoms with Crippen molar-refractivity contribution in [2.45, 2.75) is 32.5 Å². The minimum absolute atomic E-state index is 0.00817. The summed E-state index contributed by atoms with van der Waals surface area (Å²) in [6.45, 7) is 4.10. The Labute approximate surface area is 114 Å². The van der Waals surface area contributed by atoms with Crippen LogP contribution in [0.5, 0.6) is 0 Å². The van der Waals surface area contributed by atoms with Crippen molar-refractivity contribution in [2.75, 3.05) is 6.61 Å². The monoisotopic (exact) mass is 258 g/mol. The summed E-state index contributed by atoms with van der Waals surface area (Å²) in [5.74, 6) is 0. The molecule has 102 valence electrons. The van der Waals surface area contributed by atoms with E-state index >= 15 is 0 Å². The van der Waals surface area contributed by atoms with Gasteiger partial charge in [0.25, 0.3) is 0 Å². The normalized spacial score (nSPS) is 12.5. The van der Waals surface area contributed by atoms with Gasteiger partial charge in [-0.1, -0.05) is 37.3 Å². The molecular weight excluding hydrogens is 236 g/mol. The average molecular weight is 258 g/mol. The molecule has 0 saturated carbocycles. The van der Waals surface area contributed by atoms with E-state index in [1.165, 1.54) is 5.69 Å². The molecule has 0 unspecified atom stereocenters. The molecule has 0 radical (unpaired) electrons. The number of aryl methyl sites for hydroxylation is 1. The van der Waals surface area contributed by atoms with Gasteiger partial charge in [0, 0.05) is 25.0 Å². The molecular formula is C16H22N2O. The van der Waals surface area contributed by atoms with E-state index in [0.717, 1.165) is 25.1 Å². The van der Waals surface area contributed by atoms with Gasteiger partial charge in [-0.15, -0.1) is 0 Å². The lowest BCUT2D eigenvalue weighted by Crippen LogP contribution is -2.25. The zero-order valence-corrected chi connectivity index (χ0v) is 11.4. The maximum absolute atomic E-state index is 9.51. The lowest BCUT2D eigenvalue weighted by atomic mass is 10.1. The first-order valence-corrected chi connectivity index (χ1v) is 6.88. The molecule has 19 heavy (non-hydrogen) atoms. The van der Waals surface area contributed by atoms with Gasteiger partial charge < -0.3 is 15.0 Å². The van der Waals surface area contributed by atoms with Crippen LogP contribution in [0.1, 0.15) is 30.6 Å². The molecule has 1 aromatic carbocycles. The quantitative estimate of drug-likeness (QED) is 0.801. The van der Waals surface area contributed by atoms with Gasteiger partial charge in [0.15, 0.2) is 0 Å².